The summed E-state index contributed by atoms with van der Waals surface area (Å²) in [6.07, 6.45) is 9.84. The Balaban J connectivity index is 1.16. The quantitative estimate of drug-likeness (QED) is 0.350. The second-order valence-electron chi connectivity index (χ2n) is 8.04. The number of nitrogens with one attached hydrogen (secondary N) is 1. The molecule has 170 valence electrons. The van der Waals surface area contributed by atoms with Gasteiger partial charge in [-0.1, -0.05) is 54.9 Å². The molecular formula is C22H30N8OS. The first kappa shape index (κ1) is 22.4. The van der Waals surface area contributed by atoms with Crippen molar-refractivity contribution in [2.75, 3.05) is 12.8 Å². The van der Waals surface area contributed by atoms with E-state index < -0.39 is 0 Å². The van der Waals surface area contributed by atoms with Crippen LogP contribution in [0.4, 0.5) is 0 Å². The maximum atomic E-state index is 12.2. The minimum Gasteiger partial charge on any atom is -0.356 e. The van der Waals surface area contributed by atoms with Crippen molar-refractivity contribution in [3.63, 3.8) is 0 Å². The molecule has 0 spiro atoms. The number of hydrogen-bond acceptors (Lipinski definition) is 7. The Labute approximate surface area is 192 Å². The van der Waals surface area contributed by atoms with Gasteiger partial charge in [-0.3, -0.25) is 4.79 Å². The number of carbonyl (C=O) groups is 1. The molecule has 1 aromatic carbocycles. The second-order valence-corrected chi connectivity index (χ2v) is 8.82. The van der Waals surface area contributed by atoms with Crippen LogP contribution in [0.25, 0.3) is 11.4 Å². The third kappa shape index (κ3) is 5.73. The second kappa shape index (κ2) is 11.2. The highest BCUT2D eigenvalue weighted by atomic mass is 32.2. The van der Waals surface area contributed by atoms with Crippen LogP contribution in [0.1, 0.15) is 56.8 Å². The van der Waals surface area contributed by atoms with Gasteiger partial charge in [0.15, 0.2) is 5.16 Å². The molecule has 1 fully saturated rings. The van der Waals surface area contributed by atoms with E-state index in [1.165, 1.54) is 25.7 Å². The van der Waals surface area contributed by atoms with Gasteiger partial charge in [-0.25, -0.2) is 0 Å². The molecule has 9 nitrogen and oxygen atoms in total. The molecule has 1 amide bonds. The van der Waals surface area contributed by atoms with E-state index in [0.717, 1.165) is 29.4 Å². The molecule has 0 saturated heterocycles. The van der Waals surface area contributed by atoms with E-state index in [9.17, 15) is 4.79 Å². The van der Waals surface area contributed by atoms with Gasteiger partial charge in [0.25, 0.3) is 0 Å². The lowest BCUT2D eigenvalue weighted by Crippen LogP contribution is -2.25. The van der Waals surface area contributed by atoms with Gasteiger partial charge in [-0.2, -0.15) is 4.80 Å². The van der Waals surface area contributed by atoms with Crippen molar-refractivity contribution >= 4 is 17.7 Å². The van der Waals surface area contributed by atoms with E-state index in [0.29, 0.717) is 37.8 Å². The molecule has 0 radical (unpaired) electrons. The molecular weight excluding hydrogens is 424 g/mol. The highest BCUT2D eigenvalue weighted by Crippen LogP contribution is 2.33. The summed E-state index contributed by atoms with van der Waals surface area (Å²) in [7, 11) is 0. The predicted molar refractivity (Wildman–Crippen MR) is 123 cm³/mol. The van der Waals surface area contributed by atoms with Gasteiger partial charge in [0.1, 0.15) is 5.82 Å². The lowest BCUT2D eigenvalue weighted by Gasteiger charge is -2.16. The number of hydrogen-bond donors (Lipinski definition) is 1. The number of carbonyl (C=O) groups excluding carboxylic acids is 1. The largest absolute Gasteiger partial charge is 0.356 e. The predicted octanol–water partition coefficient (Wildman–Crippen LogP) is 3.30. The Morgan fingerprint density at radius 2 is 1.94 bits per heavy atom. The summed E-state index contributed by atoms with van der Waals surface area (Å²) in [4.78, 5) is 13.7. The number of rotatable bonds is 11. The Bertz CT molecular complexity index is 997. The summed E-state index contributed by atoms with van der Waals surface area (Å²) >= 11 is 1.66. The fraction of sp³-hybridized carbons (Fsp3) is 0.545. The van der Waals surface area contributed by atoms with E-state index in [-0.39, 0.29) is 5.91 Å². The Morgan fingerprint density at radius 1 is 1.12 bits per heavy atom. The molecule has 1 aliphatic rings. The molecule has 4 rings (SSSR count). The molecule has 10 heteroatoms. The number of aryl methyl sites for hydroxylation is 2. The van der Waals surface area contributed by atoms with Crippen LogP contribution in [0.3, 0.4) is 0 Å². The van der Waals surface area contributed by atoms with Crippen LogP contribution in [0.5, 0.6) is 0 Å². The Kier molecular flexibility index (Phi) is 7.87. The molecule has 0 unspecified atom stereocenters. The molecule has 1 aliphatic carbocycles. The van der Waals surface area contributed by atoms with E-state index in [2.05, 4.69) is 41.7 Å². The average Bonchev–Trinajstić information content (AvgIpc) is 3.58. The number of aromatic nitrogens is 7. The van der Waals surface area contributed by atoms with Crippen LogP contribution >= 0.6 is 11.8 Å². The zero-order valence-electron chi connectivity index (χ0n) is 18.5. The molecule has 1 N–H and O–H groups in total. The maximum Gasteiger partial charge on any atom is 0.220 e. The molecule has 0 aliphatic heterocycles. The van der Waals surface area contributed by atoms with Crippen molar-refractivity contribution in [2.45, 2.75) is 69.1 Å². The standard InChI is InChI=1S/C22H30N8OS/c1-32-22-26-24-19(30(22)18-11-5-6-12-18)13-7-15-23-20(31)14-8-16-29-27-21(25-28-29)17-9-3-2-4-10-17/h2-4,9-10,18H,5-8,11-16H2,1H3,(H,23,31). The fourth-order valence-electron chi connectivity index (χ4n) is 4.13. The smallest absolute Gasteiger partial charge is 0.220 e. The van der Waals surface area contributed by atoms with Crippen molar-refractivity contribution in [3.05, 3.63) is 36.2 Å². The third-order valence-electron chi connectivity index (χ3n) is 5.75. The first-order valence-electron chi connectivity index (χ1n) is 11.3. The third-order valence-corrected chi connectivity index (χ3v) is 6.40. The number of tetrazole rings is 1. The summed E-state index contributed by atoms with van der Waals surface area (Å²) in [5.74, 6) is 1.70. The van der Waals surface area contributed by atoms with Crippen LogP contribution in [0.2, 0.25) is 0 Å². The van der Waals surface area contributed by atoms with Gasteiger partial charge in [0, 0.05) is 31.0 Å². The van der Waals surface area contributed by atoms with E-state index in [1.807, 2.05) is 30.3 Å². The van der Waals surface area contributed by atoms with Crippen molar-refractivity contribution in [1.82, 2.24) is 40.3 Å². The van der Waals surface area contributed by atoms with Crippen molar-refractivity contribution in [3.8, 4) is 11.4 Å². The summed E-state index contributed by atoms with van der Waals surface area (Å²) in [5.41, 5.74) is 0.935. The molecule has 0 bridgehead atoms. The summed E-state index contributed by atoms with van der Waals surface area (Å²) in [6, 6.07) is 10.3. The average molecular weight is 455 g/mol. The van der Waals surface area contributed by atoms with Crippen molar-refractivity contribution in [1.29, 1.82) is 0 Å². The molecule has 3 aromatic rings. The van der Waals surface area contributed by atoms with Crippen LogP contribution in [-0.2, 0) is 17.8 Å². The monoisotopic (exact) mass is 454 g/mol. The van der Waals surface area contributed by atoms with Crippen LogP contribution < -0.4 is 5.32 Å². The minimum absolute atomic E-state index is 0.0514. The number of nitrogens with zero attached hydrogens (tertiary/aromatic N) is 7. The number of thioether (sulfide) groups is 1. The maximum absolute atomic E-state index is 12.2. The fourth-order valence-corrected chi connectivity index (χ4v) is 4.70. The minimum atomic E-state index is 0.0514. The first-order chi connectivity index (χ1) is 15.7. The van der Waals surface area contributed by atoms with Gasteiger partial charge >= 0.3 is 0 Å². The van der Waals surface area contributed by atoms with Crippen LogP contribution in [0, 0.1) is 0 Å². The molecule has 32 heavy (non-hydrogen) atoms. The molecule has 2 aromatic heterocycles. The topological polar surface area (TPSA) is 103 Å². The van der Waals surface area contributed by atoms with Crippen LogP contribution in [-0.4, -0.2) is 53.7 Å². The Morgan fingerprint density at radius 3 is 2.72 bits per heavy atom. The van der Waals surface area contributed by atoms with E-state index in [4.69, 9.17) is 0 Å². The summed E-state index contributed by atoms with van der Waals surface area (Å²) in [5, 5.41) is 25.3. The van der Waals surface area contributed by atoms with Gasteiger partial charge in [-0.05, 0) is 37.2 Å². The van der Waals surface area contributed by atoms with Gasteiger partial charge in [-0.15, -0.1) is 20.4 Å². The number of amides is 1. The SMILES string of the molecule is CSc1nnc(CCCNC(=O)CCCn2nnc(-c3ccccc3)n2)n1C1CCCC1. The zero-order valence-corrected chi connectivity index (χ0v) is 19.3. The van der Waals surface area contributed by atoms with Gasteiger partial charge in [0.2, 0.25) is 11.7 Å². The molecule has 1 saturated carbocycles. The van der Waals surface area contributed by atoms with E-state index >= 15 is 0 Å². The normalized spacial score (nSPS) is 14.2. The zero-order chi connectivity index (χ0) is 22.2. The molecule has 2 heterocycles. The van der Waals surface area contributed by atoms with Gasteiger partial charge in [0.05, 0.1) is 6.54 Å². The lowest BCUT2D eigenvalue weighted by atomic mass is 10.2. The summed E-state index contributed by atoms with van der Waals surface area (Å²) in [6.45, 7) is 1.21. The lowest BCUT2D eigenvalue weighted by molar-refractivity contribution is -0.121. The molecule has 0 atom stereocenters. The highest BCUT2D eigenvalue weighted by molar-refractivity contribution is 7.98. The van der Waals surface area contributed by atoms with Crippen molar-refractivity contribution < 1.29 is 4.79 Å². The van der Waals surface area contributed by atoms with Gasteiger partial charge < -0.3 is 9.88 Å². The summed E-state index contributed by atoms with van der Waals surface area (Å²) < 4.78 is 2.33. The number of benzene rings is 1. The highest BCUT2D eigenvalue weighted by Gasteiger charge is 2.23. The van der Waals surface area contributed by atoms with Crippen molar-refractivity contribution in [2.24, 2.45) is 0 Å². The Hall–Kier alpha value is -2.75. The van der Waals surface area contributed by atoms with E-state index in [1.54, 1.807) is 16.6 Å². The first-order valence-corrected chi connectivity index (χ1v) is 12.5. The van der Waals surface area contributed by atoms with Crippen LogP contribution in [0.15, 0.2) is 35.5 Å².